The summed E-state index contributed by atoms with van der Waals surface area (Å²) in [5.41, 5.74) is 8.37. The lowest BCUT2D eigenvalue weighted by Crippen LogP contribution is -2.44. The van der Waals surface area contributed by atoms with Crippen molar-refractivity contribution in [2.24, 2.45) is 0 Å². The topological polar surface area (TPSA) is 198 Å². The van der Waals surface area contributed by atoms with Crippen molar-refractivity contribution >= 4 is 301 Å². The smallest absolute Gasteiger partial charge is 0.323 e. The Bertz CT molecular complexity index is 5760. The number of hydrogen-bond donors (Lipinski definition) is 4. The van der Waals surface area contributed by atoms with Crippen molar-refractivity contribution in [1.29, 1.82) is 0 Å². The van der Waals surface area contributed by atoms with Gasteiger partial charge in [0.05, 0.1) is 45.4 Å². The number of hydrogen-bond acceptors (Lipinski definition) is 15. The van der Waals surface area contributed by atoms with Crippen LogP contribution in [0.25, 0.3) is 66.3 Å². The molecule has 600 valence electrons. The van der Waals surface area contributed by atoms with Gasteiger partial charge in [-0.15, -0.1) is 12.4 Å². The minimum atomic E-state index is -1.44. The van der Waals surface area contributed by atoms with Crippen LogP contribution in [0.4, 0.5) is 28.9 Å². The summed E-state index contributed by atoms with van der Waals surface area (Å²) in [6.45, 7) is 5.95. The maximum atomic E-state index is 15.5. The fourth-order valence-corrected chi connectivity index (χ4v) is 28.5. The van der Waals surface area contributed by atoms with Crippen molar-refractivity contribution in [3.8, 4) is 44.5 Å². The molecule has 4 atom stereocenters. The molecule has 4 aromatic heterocycles. The van der Waals surface area contributed by atoms with Crippen molar-refractivity contribution in [1.82, 2.24) is 29.3 Å². The monoisotopic (exact) mass is 1970 g/mol. The first kappa shape index (κ1) is 98.6. The molecule has 42 heteroatoms. The predicted molar refractivity (Wildman–Crippen MR) is 501 cm³/mol. The maximum absolute atomic E-state index is 15.5. The molecule has 15 nitrogen and oxygen atoms in total. The molecule has 2 fully saturated rings. The molecule has 0 saturated carbocycles. The number of pyridine rings is 2. The number of anilines is 2. The van der Waals surface area contributed by atoms with E-state index in [0.29, 0.717) is 70.0 Å². The lowest BCUT2D eigenvalue weighted by Gasteiger charge is -2.24. The van der Waals surface area contributed by atoms with Crippen LogP contribution < -0.4 is 16.0 Å². The summed E-state index contributed by atoms with van der Waals surface area (Å²) in [7, 11) is 16.9. The standard InChI is InChI=1S/C35H28Cl2F2N4O3.C18H15ClN2O3.C17H15ClF2N2O.CH4.ClH.S7.S6.S5/c1-19-29(37)13-22(15-40-19)21-10-11-31-26(12-21)27(20(2)44)17-42(31)18-33(45)43-16-23(38)14-32(43)35(46)41-30-9-5-7-25(34(30)39)24-6-3-4-8-28(24)36;1-10-16(19)6-13(7-20-10)12-3-4-17-14(5-12)15(11(2)22)8-21(17)9-18(23)24;18-13-6-2-1-4-11(13)12-5-3-7-14(16(12)20)22-17(23)15-8-10(19)9-21-15;;;1-3-5-7-6-4-2;1-3-5-6-4-2;1-3-5-4-2/h3-13,15,17,23,32H,14,16,18H2,1-2H3,(H,41,46);3-8H,9H2,1-2H3,(H,23,24);1-7,10,15,21H,8-9H2,(H,22,23);1H4;1H;;;/t23-,32+;;10-,15+;;;;;/m1.1...../s1. The minimum Gasteiger partial charge on any atom is -0.480 e. The van der Waals surface area contributed by atoms with E-state index >= 15 is 4.39 Å². The second kappa shape index (κ2) is 50.0. The molecular weight excluding hydrogens is 1910 g/mol. The molecule has 2 saturated heterocycles. The molecular formula is C71H63Cl5F4N8O7S18. The molecule has 3 amide bonds. The zero-order valence-corrected chi connectivity index (χ0v) is 76.5. The minimum absolute atomic E-state index is 0. The van der Waals surface area contributed by atoms with E-state index in [1.54, 1.807) is 152 Å². The Morgan fingerprint density at radius 3 is 1.33 bits per heavy atom. The number of carboxylic acids is 1. The molecule has 4 N–H and O–H groups in total. The molecule has 2 aliphatic heterocycles. The van der Waals surface area contributed by atoms with Crippen LogP contribution in [0.5, 0.6) is 0 Å². The number of benzene rings is 6. The van der Waals surface area contributed by atoms with Gasteiger partial charge in [-0.05, 0) is 99.5 Å². The van der Waals surface area contributed by atoms with Crippen LogP contribution in [0.3, 0.4) is 0 Å². The number of ketones is 2. The number of Topliss-reactive ketones (excluding diaryl/α,β-unsaturated/α-hetero) is 2. The summed E-state index contributed by atoms with van der Waals surface area (Å²) in [6, 6.07) is 35.7. The molecule has 113 heavy (non-hydrogen) atoms. The van der Waals surface area contributed by atoms with Gasteiger partial charge in [-0.1, -0.05) is 127 Å². The van der Waals surface area contributed by atoms with Gasteiger partial charge in [0.25, 0.3) is 0 Å². The number of aromatic nitrogens is 4. The Hall–Kier alpha value is -4.99. The van der Waals surface area contributed by atoms with Crippen LogP contribution >= 0.6 is 58.8 Å². The highest BCUT2D eigenvalue weighted by Crippen LogP contribution is 2.37. The molecule has 0 spiro atoms. The number of nitrogens with one attached hydrogen (secondary N) is 3. The molecule has 6 heterocycles. The SMILES string of the molecule is C.CC(=O)c1cn(CC(=O)N2C[C@H](F)C[C@H]2C(=O)Nc2cccc(-c3ccccc3Cl)c2F)c2ccc(-c3cnc(C)c(Cl)c3)cc12.CC(=O)c1cn(CC(=O)O)c2ccc(-c3cnc(C)c(Cl)c3)cc12.Cl.O=C(Nc1cccc(-c2ccccc2Cl)c1F)[C@@H]1C[C@@H](F)CN1.S=S=S=S=S.S=S=S=S=S=S.S=S=S=S=S=S=S. The van der Waals surface area contributed by atoms with E-state index in [1.165, 1.54) is 111 Å². The third-order valence-corrected chi connectivity index (χ3v) is 37.6. The number of likely N-dealkylation sites (tertiary alicyclic amines) is 1. The van der Waals surface area contributed by atoms with Crippen LogP contribution in [0.15, 0.2) is 158 Å². The average Bonchev–Trinajstić information content (AvgIpc) is 1.60. The predicted octanol–water partition coefficient (Wildman–Crippen LogP) is 16.7. The quantitative estimate of drug-likeness (QED) is 0.0592. The Balaban J connectivity index is 0.000000287. The Labute approximate surface area is 739 Å². The van der Waals surface area contributed by atoms with Gasteiger partial charge in [0, 0.05) is 294 Å². The number of aryl methyl sites for hydroxylation is 2. The average molecular weight is 1970 g/mol. The van der Waals surface area contributed by atoms with E-state index in [9.17, 15) is 41.9 Å². The molecule has 12 rings (SSSR count). The van der Waals surface area contributed by atoms with Crippen molar-refractivity contribution in [2.75, 3.05) is 23.7 Å². The van der Waals surface area contributed by atoms with Crippen molar-refractivity contribution < 1.29 is 51.4 Å². The van der Waals surface area contributed by atoms with Gasteiger partial charge >= 0.3 is 5.97 Å². The largest absolute Gasteiger partial charge is 0.480 e. The molecule has 0 unspecified atom stereocenters. The Morgan fingerprint density at radius 1 is 0.522 bits per heavy atom. The van der Waals surface area contributed by atoms with E-state index in [-0.39, 0.29) is 87.4 Å². The lowest BCUT2D eigenvalue weighted by molar-refractivity contribution is -0.137. The Kier molecular flexibility index (Phi) is 43.7. The zero-order valence-electron chi connectivity index (χ0n) is 58.0. The number of nitrogens with zero attached hydrogens (tertiary/aromatic N) is 5. The van der Waals surface area contributed by atoms with Gasteiger partial charge in [0.2, 0.25) is 17.7 Å². The van der Waals surface area contributed by atoms with Crippen LogP contribution in [-0.4, -0.2) is 102 Å². The summed E-state index contributed by atoms with van der Waals surface area (Å²) in [4.78, 5) is 84.4. The number of alkyl halides is 2. The fraction of sp³-hybridized carbons (Fsp3) is 0.211. The van der Waals surface area contributed by atoms with Gasteiger partial charge in [-0.25, -0.2) is 17.6 Å². The summed E-state index contributed by atoms with van der Waals surface area (Å²) in [5.74, 6) is -4.20. The normalized spacial score (nSPS) is 14.0. The molecule has 0 radical (unpaired) electrons. The first-order valence-electron chi connectivity index (χ1n) is 31.7. The van der Waals surface area contributed by atoms with Crippen LogP contribution in [0.1, 0.15) is 66.2 Å². The van der Waals surface area contributed by atoms with Gasteiger partial charge < -0.3 is 35.1 Å². The van der Waals surface area contributed by atoms with Crippen molar-refractivity contribution in [3.05, 3.63) is 212 Å². The third kappa shape index (κ3) is 28.6. The van der Waals surface area contributed by atoms with Gasteiger partial charge in [0.1, 0.15) is 31.5 Å². The summed E-state index contributed by atoms with van der Waals surface area (Å²) in [6.07, 6.45) is 3.97. The van der Waals surface area contributed by atoms with Crippen molar-refractivity contribution in [3.63, 3.8) is 0 Å². The van der Waals surface area contributed by atoms with Gasteiger partial charge in [-0.2, -0.15) is 0 Å². The van der Waals surface area contributed by atoms with E-state index < -0.39 is 59.8 Å². The second-order valence-corrected chi connectivity index (χ2v) is 46.0. The molecule has 10 aromatic rings. The summed E-state index contributed by atoms with van der Waals surface area (Å²) < 4.78 is 61.3. The van der Waals surface area contributed by atoms with Crippen molar-refractivity contribution in [2.45, 2.75) is 85.5 Å². The molecule has 6 aromatic carbocycles. The number of carbonyl (C=O) groups is 6. The Morgan fingerprint density at radius 2 is 0.938 bits per heavy atom. The molecule has 0 bridgehead atoms. The molecule has 2 aliphatic rings. The first-order valence-corrected chi connectivity index (χ1v) is 53.2. The highest BCUT2D eigenvalue weighted by molar-refractivity contribution is 8.68. The van der Waals surface area contributed by atoms with Gasteiger partial charge in [-0.3, -0.25) is 38.7 Å². The van der Waals surface area contributed by atoms with E-state index in [2.05, 4.69) is 93.0 Å². The third-order valence-electron chi connectivity index (χ3n) is 16.2. The maximum Gasteiger partial charge on any atom is 0.323 e. The van der Waals surface area contributed by atoms with E-state index in [4.69, 9.17) is 51.5 Å². The first-order chi connectivity index (χ1) is 53.2. The highest BCUT2D eigenvalue weighted by atomic mass is 35.5. The number of rotatable bonds is 14. The van der Waals surface area contributed by atoms with Gasteiger partial charge in [0.15, 0.2) is 23.2 Å². The lowest BCUT2D eigenvalue weighted by atomic mass is 10.0. The van der Waals surface area contributed by atoms with Crippen LogP contribution in [0.2, 0.25) is 20.1 Å². The number of fused-ring (bicyclic) bond motifs is 2. The zero-order chi connectivity index (χ0) is 81.0. The number of aliphatic carboxylic acids is 1. The number of halogens is 9. The van der Waals surface area contributed by atoms with E-state index in [1.807, 2.05) is 43.3 Å². The fourth-order valence-electron chi connectivity index (χ4n) is 11.2. The highest BCUT2D eigenvalue weighted by Gasteiger charge is 2.40. The summed E-state index contributed by atoms with van der Waals surface area (Å²) >= 11 is 51.8. The van der Waals surface area contributed by atoms with E-state index in [0.717, 1.165) is 33.3 Å². The second-order valence-electron chi connectivity index (χ2n) is 23.2. The van der Waals surface area contributed by atoms with Crippen LogP contribution in [0, 0.1) is 25.5 Å². The number of carbonyl (C=O) groups excluding carboxylic acids is 5. The summed E-state index contributed by atoms with van der Waals surface area (Å²) in [5, 5.41) is 20.1. The molecule has 0 aliphatic carbocycles. The number of carboxylic acid groups (broad SMARTS) is 1. The van der Waals surface area contributed by atoms with Crippen LogP contribution in [-0.2, 0) is 206 Å². The number of amides is 3.